The molecule has 0 saturated carbocycles. The van der Waals surface area contributed by atoms with E-state index in [4.69, 9.17) is 9.47 Å². The van der Waals surface area contributed by atoms with Crippen LogP contribution in [0, 0.1) is 0 Å². The summed E-state index contributed by atoms with van der Waals surface area (Å²) in [5, 5.41) is 5.49. The number of amides is 2. The van der Waals surface area contributed by atoms with Gasteiger partial charge in [-0.05, 0) is 18.6 Å². The summed E-state index contributed by atoms with van der Waals surface area (Å²) in [7, 11) is 3.17. The molecule has 2 heterocycles. The van der Waals surface area contributed by atoms with Crippen molar-refractivity contribution in [2.75, 3.05) is 40.5 Å². The number of rotatable bonds is 9. The maximum Gasteiger partial charge on any atom is 0.287 e. The summed E-state index contributed by atoms with van der Waals surface area (Å²) in [6, 6.07) is 5.33. The third-order valence-corrected chi connectivity index (χ3v) is 3.37. The molecule has 2 amide bonds. The number of hydrogen-bond acceptors (Lipinski definition) is 5. The summed E-state index contributed by atoms with van der Waals surface area (Å²) < 4.78 is 11.5. The molecule has 2 aromatic rings. The van der Waals surface area contributed by atoms with Crippen molar-refractivity contribution in [3.05, 3.63) is 35.9 Å². The molecule has 130 valence electrons. The third kappa shape index (κ3) is 4.30. The fourth-order valence-electron chi connectivity index (χ4n) is 2.21. The van der Waals surface area contributed by atoms with E-state index in [1.807, 2.05) is 0 Å². The number of pyridine rings is 1. The minimum absolute atomic E-state index is 0.180. The molecule has 2 rings (SSSR count). The first-order valence-corrected chi connectivity index (χ1v) is 7.70. The quantitative estimate of drug-likeness (QED) is 0.651. The normalized spacial score (nSPS) is 10.8. The van der Waals surface area contributed by atoms with Gasteiger partial charge in [-0.15, -0.1) is 0 Å². The van der Waals surface area contributed by atoms with Gasteiger partial charge < -0.3 is 20.1 Å². The topological polar surface area (TPSA) is 94.0 Å². The van der Waals surface area contributed by atoms with Crippen molar-refractivity contribution in [2.24, 2.45) is 0 Å². The van der Waals surface area contributed by atoms with Gasteiger partial charge in [0.25, 0.3) is 11.8 Å². The van der Waals surface area contributed by atoms with E-state index in [0.29, 0.717) is 38.2 Å². The summed E-state index contributed by atoms with van der Waals surface area (Å²) in [5.74, 6) is -0.489. The fourth-order valence-corrected chi connectivity index (χ4v) is 2.21. The van der Waals surface area contributed by atoms with Gasteiger partial charge in [-0.3, -0.25) is 14.0 Å². The molecule has 2 aromatic heterocycles. The molecule has 0 aliphatic rings. The van der Waals surface area contributed by atoms with E-state index in [2.05, 4.69) is 15.6 Å². The molecule has 0 unspecified atom stereocenters. The van der Waals surface area contributed by atoms with E-state index in [0.717, 1.165) is 0 Å². The molecule has 0 bridgehead atoms. The van der Waals surface area contributed by atoms with Crippen LogP contribution in [0.4, 0.5) is 0 Å². The maximum absolute atomic E-state index is 12.3. The minimum atomic E-state index is -0.339. The smallest absolute Gasteiger partial charge is 0.287 e. The van der Waals surface area contributed by atoms with Crippen LogP contribution in [-0.4, -0.2) is 61.7 Å². The van der Waals surface area contributed by atoms with Crippen LogP contribution < -0.4 is 10.6 Å². The number of imidazole rings is 1. The number of carbonyl (C=O) groups is 2. The molecule has 0 radical (unpaired) electrons. The Morgan fingerprint density at radius 1 is 1.08 bits per heavy atom. The molecule has 8 heteroatoms. The molecule has 0 fully saturated rings. The Labute approximate surface area is 140 Å². The van der Waals surface area contributed by atoms with Crippen LogP contribution >= 0.6 is 0 Å². The first-order chi connectivity index (χ1) is 11.7. The van der Waals surface area contributed by atoms with E-state index < -0.39 is 0 Å². The van der Waals surface area contributed by atoms with Gasteiger partial charge in [0, 0.05) is 40.1 Å². The van der Waals surface area contributed by atoms with Gasteiger partial charge in [0.15, 0.2) is 5.69 Å². The molecule has 2 N–H and O–H groups in total. The first kappa shape index (κ1) is 17.9. The molecule has 8 nitrogen and oxygen atoms in total. The molecule has 0 aromatic carbocycles. The van der Waals surface area contributed by atoms with E-state index >= 15 is 0 Å². The Morgan fingerprint density at radius 3 is 2.58 bits per heavy atom. The lowest BCUT2D eigenvalue weighted by atomic mass is 10.3. The van der Waals surface area contributed by atoms with Crippen molar-refractivity contribution in [3.63, 3.8) is 0 Å². The highest BCUT2D eigenvalue weighted by Gasteiger charge is 2.20. The van der Waals surface area contributed by atoms with E-state index in [9.17, 15) is 9.59 Å². The molecular weight excluding hydrogens is 312 g/mol. The van der Waals surface area contributed by atoms with Gasteiger partial charge in [0.05, 0.1) is 12.1 Å². The van der Waals surface area contributed by atoms with Crippen LogP contribution in [0.2, 0.25) is 0 Å². The Bertz CT molecular complexity index is 698. The molecule has 0 saturated heterocycles. The van der Waals surface area contributed by atoms with Gasteiger partial charge in [0.1, 0.15) is 0 Å². The lowest BCUT2D eigenvalue weighted by Gasteiger charge is -2.03. The number of aromatic nitrogens is 2. The average Bonchev–Trinajstić information content (AvgIpc) is 2.98. The van der Waals surface area contributed by atoms with Crippen molar-refractivity contribution in [3.8, 4) is 0 Å². The Balaban J connectivity index is 2.18. The van der Waals surface area contributed by atoms with Gasteiger partial charge in [-0.1, -0.05) is 6.07 Å². The molecule has 0 spiro atoms. The first-order valence-electron chi connectivity index (χ1n) is 7.70. The number of nitrogens with zero attached hydrogens (tertiary/aromatic N) is 2. The van der Waals surface area contributed by atoms with Gasteiger partial charge in [-0.2, -0.15) is 0 Å². The number of ether oxygens (including phenoxy) is 2. The van der Waals surface area contributed by atoms with Crippen LogP contribution in [0.5, 0.6) is 0 Å². The predicted molar refractivity (Wildman–Crippen MR) is 88.2 cm³/mol. The second-order valence-corrected chi connectivity index (χ2v) is 5.09. The molecule has 24 heavy (non-hydrogen) atoms. The minimum Gasteiger partial charge on any atom is -0.385 e. The van der Waals surface area contributed by atoms with Crippen molar-refractivity contribution < 1.29 is 19.1 Å². The second-order valence-electron chi connectivity index (χ2n) is 5.09. The standard InChI is InChI=1S/C16H22N4O4/c1-23-10-5-7-17-16(22)14-19-13(15(21)18-8-11-24-2)12-6-3-4-9-20(12)14/h3-4,6,9H,5,7-8,10-11H2,1-2H3,(H,17,22)(H,18,21). The summed E-state index contributed by atoms with van der Waals surface area (Å²) in [6.45, 7) is 1.82. The van der Waals surface area contributed by atoms with E-state index in [1.54, 1.807) is 43.0 Å². The average molecular weight is 334 g/mol. The van der Waals surface area contributed by atoms with Crippen LogP contribution in [-0.2, 0) is 9.47 Å². The van der Waals surface area contributed by atoms with Gasteiger partial charge in [-0.25, -0.2) is 4.98 Å². The number of fused-ring (bicyclic) bond motifs is 1. The monoisotopic (exact) mass is 334 g/mol. The predicted octanol–water partition coefficient (Wildman–Crippen LogP) is 0.477. The van der Waals surface area contributed by atoms with Crippen LogP contribution in [0.3, 0.4) is 0 Å². The van der Waals surface area contributed by atoms with E-state index in [1.165, 1.54) is 0 Å². The lowest BCUT2D eigenvalue weighted by molar-refractivity contribution is 0.0934. The number of methoxy groups -OCH3 is 2. The molecule has 0 atom stereocenters. The van der Waals surface area contributed by atoms with Crippen molar-refractivity contribution >= 4 is 17.3 Å². The summed E-state index contributed by atoms with van der Waals surface area (Å²) in [5.41, 5.74) is 0.795. The fraction of sp³-hybridized carbons (Fsp3) is 0.438. The molecule has 0 aliphatic heterocycles. The van der Waals surface area contributed by atoms with Crippen molar-refractivity contribution in [2.45, 2.75) is 6.42 Å². The third-order valence-electron chi connectivity index (χ3n) is 3.37. The number of carbonyl (C=O) groups excluding carboxylic acids is 2. The largest absolute Gasteiger partial charge is 0.385 e. The zero-order chi connectivity index (χ0) is 17.4. The molecular formula is C16H22N4O4. The van der Waals surface area contributed by atoms with Crippen molar-refractivity contribution in [1.29, 1.82) is 0 Å². The highest BCUT2D eigenvalue weighted by atomic mass is 16.5. The van der Waals surface area contributed by atoms with Crippen LogP contribution in [0.1, 0.15) is 27.5 Å². The SMILES string of the molecule is COCCCNC(=O)c1nc(C(=O)NCCOC)c2ccccn12. The molecule has 0 aliphatic carbocycles. The highest BCUT2D eigenvalue weighted by molar-refractivity contribution is 6.02. The zero-order valence-electron chi connectivity index (χ0n) is 13.9. The second kappa shape index (κ2) is 8.99. The number of hydrogen-bond donors (Lipinski definition) is 2. The summed E-state index contributed by atoms with van der Waals surface area (Å²) in [4.78, 5) is 28.8. The Morgan fingerprint density at radius 2 is 1.83 bits per heavy atom. The van der Waals surface area contributed by atoms with Crippen LogP contribution in [0.25, 0.3) is 5.52 Å². The number of nitrogens with one attached hydrogen (secondary N) is 2. The Hall–Kier alpha value is -2.45. The van der Waals surface area contributed by atoms with Crippen LogP contribution in [0.15, 0.2) is 24.4 Å². The van der Waals surface area contributed by atoms with Gasteiger partial charge >= 0.3 is 0 Å². The summed E-state index contributed by atoms with van der Waals surface area (Å²) in [6.07, 6.45) is 2.41. The Kier molecular flexibility index (Phi) is 6.71. The highest BCUT2D eigenvalue weighted by Crippen LogP contribution is 2.13. The van der Waals surface area contributed by atoms with Crippen molar-refractivity contribution in [1.82, 2.24) is 20.0 Å². The maximum atomic E-state index is 12.3. The zero-order valence-corrected chi connectivity index (χ0v) is 13.9. The van der Waals surface area contributed by atoms with Gasteiger partial charge in [0.2, 0.25) is 5.82 Å². The lowest BCUT2D eigenvalue weighted by Crippen LogP contribution is -2.28. The van der Waals surface area contributed by atoms with E-state index in [-0.39, 0.29) is 23.3 Å². The summed E-state index contributed by atoms with van der Waals surface area (Å²) >= 11 is 0.